The summed E-state index contributed by atoms with van der Waals surface area (Å²) in [5, 5.41) is 76.5. The number of hydrogen-bond donors (Lipinski definition) is 8. The zero-order chi connectivity index (χ0) is 16.4. The number of aliphatic hydroxyl groups is 8. The van der Waals surface area contributed by atoms with Crippen LogP contribution in [0.25, 0.3) is 0 Å². The summed E-state index contributed by atoms with van der Waals surface area (Å²) in [4.78, 5) is 10.5. The van der Waals surface area contributed by atoms with Crippen molar-refractivity contribution in [2.75, 3.05) is 13.2 Å². The molecular weight excluding hydrogens is 292 g/mol. The summed E-state index contributed by atoms with van der Waals surface area (Å²) in [6.07, 6.45) is -13.2. The highest BCUT2D eigenvalue weighted by molar-refractivity contribution is 5.57. The van der Waals surface area contributed by atoms with E-state index in [2.05, 4.69) is 0 Å². The predicted molar refractivity (Wildman–Crippen MR) is 63.9 cm³/mol. The lowest BCUT2D eigenvalue weighted by Gasteiger charge is -2.47. The fraction of sp³-hybridized carbons (Fsp3) is 0.909. The molecule has 1 heterocycles. The fourth-order valence-corrected chi connectivity index (χ4v) is 2.24. The molecule has 8 atom stereocenters. The second kappa shape index (κ2) is 7.05. The highest BCUT2D eigenvalue weighted by Gasteiger charge is 2.56. The topological polar surface area (TPSA) is 188 Å². The molecular formula is C11H20O10. The van der Waals surface area contributed by atoms with Crippen molar-refractivity contribution >= 4 is 6.29 Å². The van der Waals surface area contributed by atoms with Gasteiger partial charge in [0.1, 0.15) is 48.3 Å². The predicted octanol–water partition coefficient (Wildman–Crippen LogP) is -5.53. The molecule has 124 valence electrons. The van der Waals surface area contributed by atoms with Crippen molar-refractivity contribution in [2.24, 2.45) is 0 Å². The Balaban J connectivity index is 3.10. The standard InChI is InChI=1S/C11H20O10/c12-1-4(15)9(19)11(20,3-14)10-8(18)7(17)6(16)5(2-13)21-10/h1,4-10,13-20H,2-3H2/t4?,5-,6-,7+,8-,9?,10+,11?/m1/s1. The summed E-state index contributed by atoms with van der Waals surface area (Å²) >= 11 is 0. The quantitative estimate of drug-likeness (QED) is 0.220. The smallest absolute Gasteiger partial charge is 0.151 e. The van der Waals surface area contributed by atoms with Crippen LogP contribution < -0.4 is 0 Å². The van der Waals surface area contributed by atoms with Gasteiger partial charge in [-0.25, -0.2) is 0 Å². The number of carbonyl (C=O) groups excluding carboxylic acids is 1. The number of hydrogen-bond acceptors (Lipinski definition) is 10. The Labute approximate surface area is 119 Å². The molecule has 0 aromatic carbocycles. The Kier molecular flexibility index (Phi) is 6.16. The Hall–Kier alpha value is -0.690. The van der Waals surface area contributed by atoms with Gasteiger partial charge in [-0.2, -0.15) is 0 Å². The Morgan fingerprint density at radius 3 is 2.10 bits per heavy atom. The van der Waals surface area contributed by atoms with Gasteiger partial charge in [0.05, 0.1) is 13.2 Å². The summed E-state index contributed by atoms with van der Waals surface area (Å²) in [5.74, 6) is 0. The van der Waals surface area contributed by atoms with Gasteiger partial charge in [0, 0.05) is 0 Å². The number of rotatable bonds is 6. The Bertz CT molecular complexity index is 350. The van der Waals surface area contributed by atoms with Gasteiger partial charge in [0.15, 0.2) is 6.29 Å². The van der Waals surface area contributed by atoms with Crippen LogP contribution in [0.15, 0.2) is 0 Å². The zero-order valence-electron chi connectivity index (χ0n) is 10.9. The maximum atomic E-state index is 10.5. The lowest BCUT2D eigenvalue weighted by molar-refractivity contribution is -0.295. The van der Waals surface area contributed by atoms with Crippen LogP contribution in [0.5, 0.6) is 0 Å². The van der Waals surface area contributed by atoms with Crippen molar-refractivity contribution in [2.45, 2.75) is 48.3 Å². The average molecular weight is 312 g/mol. The van der Waals surface area contributed by atoms with Crippen molar-refractivity contribution in [1.82, 2.24) is 0 Å². The average Bonchev–Trinajstić information content (AvgIpc) is 2.50. The molecule has 8 N–H and O–H groups in total. The summed E-state index contributed by atoms with van der Waals surface area (Å²) in [6, 6.07) is 0. The van der Waals surface area contributed by atoms with Gasteiger partial charge in [-0.3, -0.25) is 0 Å². The molecule has 10 nitrogen and oxygen atoms in total. The summed E-state index contributed by atoms with van der Waals surface area (Å²) < 4.78 is 5.00. The van der Waals surface area contributed by atoms with E-state index in [0.717, 1.165) is 0 Å². The van der Waals surface area contributed by atoms with Crippen molar-refractivity contribution in [1.29, 1.82) is 0 Å². The summed E-state index contributed by atoms with van der Waals surface area (Å²) in [5.41, 5.74) is -2.71. The summed E-state index contributed by atoms with van der Waals surface area (Å²) in [7, 11) is 0. The molecule has 0 amide bonds. The Morgan fingerprint density at radius 2 is 1.67 bits per heavy atom. The molecule has 0 aromatic rings. The van der Waals surface area contributed by atoms with Gasteiger partial charge in [0.25, 0.3) is 0 Å². The normalized spacial score (nSPS) is 39.3. The number of aldehydes is 1. The third kappa shape index (κ3) is 3.23. The first-order chi connectivity index (χ1) is 9.74. The third-order valence-electron chi connectivity index (χ3n) is 3.61. The van der Waals surface area contributed by atoms with E-state index >= 15 is 0 Å². The van der Waals surface area contributed by atoms with E-state index in [9.17, 15) is 40.5 Å². The minimum atomic E-state index is -2.71. The Morgan fingerprint density at radius 1 is 1.10 bits per heavy atom. The van der Waals surface area contributed by atoms with Crippen LogP contribution >= 0.6 is 0 Å². The molecule has 1 fully saturated rings. The molecule has 0 saturated carbocycles. The van der Waals surface area contributed by atoms with E-state index < -0.39 is 61.5 Å². The maximum absolute atomic E-state index is 10.5. The van der Waals surface area contributed by atoms with Crippen molar-refractivity contribution in [3.8, 4) is 0 Å². The van der Waals surface area contributed by atoms with Gasteiger partial charge in [-0.1, -0.05) is 0 Å². The lowest BCUT2D eigenvalue weighted by Crippen LogP contribution is -2.70. The summed E-state index contributed by atoms with van der Waals surface area (Å²) in [6.45, 7) is -2.02. The lowest BCUT2D eigenvalue weighted by atomic mass is 9.80. The largest absolute Gasteiger partial charge is 0.394 e. The molecule has 3 unspecified atom stereocenters. The van der Waals surface area contributed by atoms with Crippen molar-refractivity contribution in [3.05, 3.63) is 0 Å². The van der Waals surface area contributed by atoms with Crippen LogP contribution in [0.3, 0.4) is 0 Å². The van der Waals surface area contributed by atoms with E-state index in [0.29, 0.717) is 0 Å². The molecule has 1 aliphatic heterocycles. The van der Waals surface area contributed by atoms with Crippen molar-refractivity contribution in [3.63, 3.8) is 0 Å². The van der Waals surface area contributed by atoms with Crippen LogP contribution in [0.4, 0.5) is 0 Å². The first-order valence-electron chi connectivity index (χ1n) is 6.19. The molecule has 1 saturated heterocycles. The molecule has 0 radical (unpaired) electrons. The first kappa shape index (κ1) is 18.4. The molecule has 0 spiro atoms. The molecule has 1 aliphatic rings. The highest BCUT2D eigenvalue weighted by atomic mass is 16.6. The molecule has 0 bridgehead atoms. The molecule has 1 rings (SSSR count). The SMILES string of the molecule is O=CC(O)C(O)C(O)(CO)[C@H]1O[C@H](CO)[C@@H](O)[C@H](O)[C@H]1O. The first-order valence-corrected chi connectivity index (χ1v) is 6.19. The van der Waals surface area contributed by atoms with Crippen LogP contribution in [0.1, 0.15) is 0 Å². The zero-order valence-corrected chi connectivity index (χ0v) is 10.9. The van der Waals surface area contributed by atoms with Gasteiger partial charge in [-0.05, 0) is 0 Å². The van der Waals surface area contributed by atoms with Crippen molar-refractivity contribution < 1.29 is 50.4 Å². The van der Waals surface area contributed by atoms with E-state index in [-0.39, 0.29) is 6.29 Å². The second-order valence-electron chi connectivity index (χ2n) is 4.97. The molecule has 21 heavy (non-hydrogen) atoms. The van der Waals surface area contributed by atoms with E-state index in [1.165, 1.54) is 0 Å². The molecule has 0 aliphatic carbocycles. The highest BCUT2D eigenvalue weighted by Crippen LogP contribution is 2.31. The van der Waals surface area contributed by atoms with Crippen LogP contribution in [0, 0.1) is 0 Å². The number of ether oxygens (including phenoxy) is 1. The minimum Gasteiger partial charge on any atom is -0.394 e. The van der Waals surface area contributed by atoms with Crippen LogP contribution in [-0.2, 0) is 9.53 Å². The minimum absolute atomic E-state index is 0.102. The second-order valence-corrected chi connectivity index (χ2v) is 4.97. The molecule has 10 heteroatoms. The van der Waals surface area contributed by atoms with Gasteiger partial charge < -0.3 is 50.4 Å². The van der Waals surface area contributed by atoms with E-state index in [1.807, 2.05) is 0 Å². The van der Waals surface area contributed by atoms with Crippen LogP contribution in [0.2, 0.25) is 0 Å². The van der Waals surface area contributed by atoms with E-state index in [4.69, 9.17) is 9.84 Å². The molecule has 0 aromatic heterocycles. The van der Waals surface area contributed by atoms with E-state index in [1.54, 1.807) is 0 Å². The monoisotopic (exact) mass is 312 g/mol. The maximum Gasteiger partial charge on any atom is 0.151 e. The fourth-order valence-electron chi connectivity index (χ4n) is 2.24. The van der Waals surface area contributed by atoms with Gasteiger partial charge in [-0.15, -0.1) is 0 Å². The van der Waals surface area contributed by atoms with Crippen LogP contribution in [-0.4, -0.2) is 109 Å². The third-order valence-corrected chi connectivity index (χ3v) is 3.61. The van der Waals surface area contributed by atoms with Gasteiger partial charge >= 0.3 is 0 Å². The van der Waals surface area contributed by atoms with Gasteiger partial charge in [0.2, 0.25) is 0 Å². The number of aliphatic hydroxyl groups excluding tert-OH is 7. The number of carbonyl (C=O) groups is 1.